The van der Waals surface area contributed by atoms with Gasteiger partial charge in [0.2, 0.25) is 5.91 Å². The van der Waals surface area contributed by atoms with Crippen LogP contribution in [-0.2, 0) is 11.3 Å². The molecule has 2 amide bonds. The average molecular weight is 352 g/mol. The Morgan fingerprint density at radius 2 is 1.71 bits per heavy atom. The Labute approximate surface area is 149 Å². The first-order chi connectivity index (χ1) is 11.2. The summed E-state index contributed by atoms with van der Waals surface area (Å²) in [6.45, 7) is 3.78. The molecule has 1 saturated carbocycles. The maximum Gasteiger partial charge on any atom is 0.253 e. The second kappa shape index (κ2) is 9.04. The first kappa shape index (κ1) is 18.7. The molecule has 0 spiro atoms. The van der Waals surface area contributed by atoms with E-state index >= 15 is 0 Å². The lowest BCUT2D eigenvalue weighted by Gasteiger charge is -2.27. The van der Waals surface area contributed by atoms with Gasteiger partial charge in [-0.05, 0) is 30.5 Å². The van der Waals surface area contributed by atoms with Crippen LogP contribution in [0.4, 0.5) is 0 Å². The molecule has 3 rings (SSSR count). The van der Waals surface area contributed by atoms with Gasteiger partial charge in [-0.1, -0.05) is 25.0 Å². The minimum atomic E-state index is 0. The van der Waals surface area contributed by atoms with Crippen LogP contribution < -0.4 is 10.6 Å². The third kappa shape index (κ3) is 4.71. The van der Waals surface area contributed by atoms with Gasteiger partial charge in [-0.25, -0.2) is 0 Å². The normalized spacial score (nSPS) is 18.1. The predicted molar refractivity (Wildman–Crippen MR) is 96.3 cm³/mol. The van der Waals surface area contributed by atoms with Gasteiger partial charge in [0.1, 0.15) is 0 Å². The van der Waals surface area contributed by atoms with Gasteiger partial charge in [0, 0.05) is 44.2 Å². The molecule has 1 saturated heterocycles. The van der Waals surface area contributed by atoms with Gasteiger partial charge in [0.25, 0.3) is 5.91 Å². The third-order valence-electron chi connectivity index (χ3n) is 4.80. The average Bonchev–Trinajstić information content (AvgIpc) is 3.15. The van der Waals surface area contributed by atoms with Crippen molar-refractivity contribution in [3.05, 3.63) is 35.4 Å². The van der Waals surface area contributed by atoms with Crippen LogP contribution in [0.25, 0.3) is 0 Å². The van der Waals surface area contributed by atoms with Gasteiger partial charge in [0.05, 0.1) is 0 Å². The van der Waals surface area contributed by atoms with Crippen molar-refractivity contribution >= 4 is 24.2 Å². The highest BCUT2D eigenvalue weighted by atomic mass is 35.5. The number of carbonyl (C=O) groups excluding carboxylic acids is 2. The van der Waals surface area contributed by atoms with E-state index in [-0.39, 0.29) is 30.1 Å². The molecule has 1 heterocycles. The lowest BCUT2D eigenvalue weighted by molar-refractivity contribution is -0.124. The van der Waals surface area contributed by atoms with Crippen LogP contribution in [0.1, 0.15) is 41.6 Å². The summed E-state index contributed by atoms with van der Waals surface area (Å²) in [5.74, 6) is 0.458. The molecule has 0 atom stereocenters. The third-order valence-corrected chi connectivity index (χ3v) is 4.80. The Morgan fingerprint density at radius 1 is 1.08 bits per heavy atom. The van der Waals surface area contributed by atoms with Crippen LogP contribution in [0.5, 0.6) is 0 Å². The van der Waals surface area contributed by atoms with Gasteiger partial charge >= 0.3 is 0 Å². The summed E-state index contributed by atoms with van der Waals surface area (Å²) in [5.41, 5.74) is 1.76. The molecule has 2 fully saturated rings. The summed E-state index contributed by atoms with van der Waals surface area (Å²) in [6.07, 6.45) is 4.37. The zero-order valence-electron chi connectivity index (χ0n) is 13.9. The number of nitrogens with zero attached hydrogens (tertiary/aromatic N) is 1. The first-order valence-electron chi connectivity index (χ1n) is 8.61. The Bertz CT molecular complexity index is 550. The monoisotopic (exact) mass is 351 g/mol. The largest absolute Gasteiger partial charge is 0.352 e. The number of amides is 2. The second-order valence-corrected chi connectivity index (χ2v) is 6.44. The molecule has 0 aromatic heterocycles. The fourth-order valence-electron chi connectivity index (χ4n) is 3.34. The maximum atomic E-state index is 12.4. The zero-order valence-corrected chi connectivity index (χ0v) is 14.7. The maximum absolute atomic E-state index is 12.4. The Hall–Kier alpha value is -1.59. The van der Waals surface area contributed by atoms with E-state index in [2.05, 4.69) is 10.6 Å². The number of nitrogens with one attached hydrogen (secondary N) is 2. The molecule has 6 heteroatoms. The van der Waals surface area contributed by atoms with Crippen molar-refractivity contribution in [2.24, 2.45) is 5.92 Å². The summed E-state index contributed by atoms with van der Waals surface area (Å²) in [7, 11) is 0. The molecule has 0 radical (unpaired) electrons. The molecule has 1 aromatic rings. The Kier molecular flexibility index (Phi) is 7.06. The summed E-state index contributed by atoms with van der Waals surface area (Å²) in [4.78, 5) is 26.3. The van der Waals surface area contributed by atoms with Crippen LogP contribution in [0.3, 0.4) is 0 Å². The lowest BCUT2D eigenvalue weighted by atomic mass is 10.1. The molecule has 132 valence electrons. The molecular formula is C18H26ClN3O2. The molecule has 24 heavy (non-hydrogen) atoms. The van der Waals surface area contributed by atoms with Crippen LogP contribution in [0, 0.1) is 5.92 Å². The highest BCUT2D eigenvalue weighted by Gasteiger charge is 2.22. The minimum absolute atomic E-state index is 0. The number of benzene rings is 1. The topological polar surface area (TPSA) is 61.4 Å². The van der Waals surface area contributed by atoms with Gasteiger partial charge in [-0.2, -0.15) is 0 Å². The van der Waals surface area contributed by atoms with E-state index in [9.17, 15) is 9.59 Å². The van der Waals surface area contributed by atoms with Crippen molar-refractivity contribution in [3.8, 4) is 0 Å². The summed E-state index contributed by atoms with van der Waals surface area (Å²) in [6, 6.07) is 7.59. The molecular weight excluding hydrogens is 326 g/mol. The van der Waals surface area contributed by atoms with Gasteiger partial charge in [-0.3, -0.25) is 9.59 Å². The van der Waals surface area contributed by atoms with E-state index in [0.717, 1.165) is 50.1 Å². The summed E-state index contributed by atoms with van der Waals surface area (Å²) >= 11 is 0. The molecule has 1 aliphatic heterocycles. The van der Waals surface area contributed by atoms with Crippen molar-refractivity contribution in [2.75, 3.05) is 26.2 Å². The molecule has 0 unspecified atom stereocenters. The van der Waals surface area contributed by atoms with Crippen molar-refractivity contribution in [2.45, 2.75) is 32.2 Å². The number of piperazine rings is 1. The molecule has 1 aromatic carbocycles. The quantitative estimate of drug-likeness (QED) is 0.871. The van der Waals surface area contributed by atoms with E-state index < -0.39 is 0 Å². The first-order valence-corrected chi connectivity index (χ1v) is 8.61. The summed E-state index contributed by atoms with van der Waals surface area (Å²) in [5, 5.41) is 6.26. The van der Waals surface area contributed by atoms with Crippen LogP contribution in [-0.4, -0.2) is 42.9 Å². The molecule has 5 nitrogen and oxygen atoms in total. The molecule has 0 bridgehead atoms. The molecule has 2 N–H and O–H groups in total. The molecule has 1 aliphatic carbocycles. The predicted octanol–water partition coefficient (Wildman–Crippen LogP) is 1.96. The highest BCUT2D eigenvalue weighted by Crippen LogP contribution is 2.24. The fraction of sp³-hybridized carbons (Fsp3) is 0.556. The SMILES string of the molecule is Cl.O=C(NCc1ccc(C(=O)N2CCNCC2)cc1)C1CCCC1. The van der Waals surface area contributed by atoms with Crippen molar-refractivity contribution in [1.29, 1.82) is 0 Å². The number of rotatable bonds is 4. The lowest BCUT2D eigenvalue weighted by Crippen LogP contribution is -2.46. The second-order valence-electron chi connectivity index (χ2n) is 6.44. The van der Waals surface area contributed by atoms with Crippen LogP contribution >= 0.6 is 12.4 Å². The zero-order chi connectivity index (χ0) is 16.1. The van der Waals surface area contributed by atoms with E-state index in [1.807, 2.05) is 29.2 Å². The number of hydrogen-bond donors (Lipinski definition) is 2. The van der Waals surface area contributed by atoms with E-state index in [4.69, 9.17) is 0 Å². The van der Waals surface area contributed by atoms with Crippen LogP contribution in [0.15, 0.2) is 24.3 Å². The van der Waals surface area contributed by atoms with Gasteiger partial charge in [0.15, 0.2) is 0 Å². The number of hydrogen-bond acceptors (Lipinski definition) is 3. The van der Waals surface area contributed by atoms with Crippen LogP contribution in [0.2, 0.25) is 0 Å². The van der Waals surface area contributed by atoms with Crippen molar-refractivity contribution < 1.29 is 9.59 Å². The minimum Gasteiger partial charge on any atom is -0.352 e. The Morgan fingerprint density at radius 3 is 2.33 bits per heavy atom. The highest BCUT2D eigenvalue weighted by molar-refractivity contribution is 5.94. The van der Waals surface area contributed by atoms with Crippen molar-refractivity contribution in [3.63, 3.8) is 0 Å². The van der Waals surface area contributed by atoms with Crippen molar-refractivity contribution in [1.82, 2.24) is 15.5 Å². The molecule has 2 aliphatic rings. The van der Waals surface area contributed by atoms with Gasteiger partial charge < -0.3 is 15.5 Å². The summed E-state index contributed by atoms with van der Waals surface area (Å²) < 4.78 is 0. The van der Waals surface area contributed by atoms with Gasteiger partial charge in [-0.15, -0.1) is 12.4 Å². The Balaban J connectivity index is 0.00000208. The fourth-order valence-corrected chi connectivity index (χ4v) is 3.34. The number of carbonyl (C=O) groups is 2. The number of halogens is 1. The standard InChI is InChI=1S/C18H25N3O2.ClH/c22-17(15-3-1-2-4-15)20-13-14-5-7-16(8-6-14)18(23)21-11-9-19-10-12-21;/h5-8,15,19H,1-4,9-13H2,(H,20,22);1H. The smallest absolute Gasteiger partial charge is 0.253 e. The van der Waals surface area contributed by atoms with E-state index in [0.29, 0.717) is 6.54 Å². The van der Waals surface area contributed by atoms with E-state index in [1.165, 1.54) is 12.8 Å². The van der Waals surface area contributed by atoms with E-state index in [1.54, 1.807) is 0 Å².